The van der Waals surface area contributed by atoms with Gasteiger partial charge in [-0.05, 0) is 36.4 Å². The summed E-state index contributed by atoms with van der Waals surface area (Å²) in [6, 6.07) is 25.3. The molecular weight excluding hydrogens is 256 g/mol. The lowest BCUT2D eigenvalue weighted by Gasteiger charge is -2.10. The average molecular weight is 270 g/mol. The van der Waals surface area contributed by atoms with Gasteiger partial charge in [0.15, 0.2) is 0 Å². The number of rotatable bonds is 2. The maximum atomic E-state index is 4.12. The predicted molar refractivity (Wildman–Crippen MR) is 86.5 cm³/mol. The first-order valence-electron chi connectivity index (χ1n) is 7.00. The van der Waals surface area contributed by atoms with E-state index < -0.39 is 0 Å². The molecule has 0 saturated carbocycles. The van der Waals surface area contributed by atoms with Crippen LogP contribution >= 0.6 is 0 Å². The fraction of sp³-hybridized carbons (Fsp3) is 0. The van der Waals surface area contributed by atoms with Gasteiger partial charge in [-0.25, -0.2) is 0 Å². The Morgan fingerprint density at radius 1 is 0.714 bits per heavy atom. The topological polar surface area (TPSA) is 17.8 Å². The Kier molecular flexibility index (Phi) is 2.79. The van der Waals surface area contributed by atoms with Crippen molar-refractivity contribution >= 4 is 10.9 Å². The van der Waals surface area contributed by atoms with Gasteiger partial charge in [-0.3, -0.25) is 4.98 Å². The van der Waals surface area contributed by atoms with Gasteiger partial charge >= 0.3 is 0 Å². The van der Waals surface area contributed by atoms with Crippen LogP contribution < -0.4 is 0 Å². The molecule has 0 amide bonds. The quantitative estimate of drug-likeness (QED) is 0.516. The lowest BCUT2D eigenvalue weighted by atomic mass is 10.2. The number of aromatic nitrogens is 2. The van der Waals surface area contributed by atoms with Crippen LogP contribution in [0.2, 0.25) is 0 Å². The second-order valence-corrected chi connectivity index (χ2v) is 5.00. The fourth-order valence-corrected chi connectivity index (χ4v) is 2.75. The maximum absolute atomic E-state index is 4.12. The molecule has 0 atom stereocenters. The van der Waals surface area contributed by atoms with E-state index in [9.17, 15) is 0 Å². The number of para-hydroxylation sites is 2. The van der Waals surface area contributed by atoms with Gasteiger partial charge in [0, 0.05) is 29.0 Å². The lowest BCUT2D eigenvalue weighted by molar-refractivity contribution is 1.13. The monoisotopic (exact) mass is 270 g/mol. The minimum atomic E-state index is 1.17. The highest BCUT2D eigenvalue weighted by Crippen LogP contribution is 2.31. The first kappa shape index (κ1) is 11.9. The SMILES string of the molecule is c1ccc(-n2c(-c3ccncc3)cc3ccccc32)cc1. The summed E-state index contributed by atoms with van der Waals surface area (Å²) in [5.41, 5.74) is 4.75. The van der Waals surface area contributed by atoms with Crippen LogP contribution in [0.15, 0.2) is 85.2 Å². The minimum Gasteiger partial charge on any atom is -0.309 e. The Balaban J connectivity index is 2.07. The molecule has 0 bridgehead atoms. The number of nitrogens with zero attached hydrogens (tertiary/aromatic N) is 2. The summed E-state index contributed by atoms with van der Waals surface area (Å²) in [5.74, 6) is 0. The zero-order chi connectivity index (χ0) is 14.1. The third-order valence-electron chi connectivity index (χ3n) is 3.70. The molecular formula is C19H14N2. The zero-order valence-corrected chi connectivity index (χ0v) is 11.5. The van der Waals surface area contributed by atoms with Crippen molar-refractivity contribution in [1.82, 2.24) is 9.55 Å². The summed E-state index contributed by atoms with van der Waals surface area (Å²) in [6.45, 7) is 0. The third kappa shape index (κ3) is 2.01. The molecule has 4 aromatic rings. The molecule has 0 aliphatic heterocycles. The van der Waals surface area contributed by atoms with E-state index in [2.05, 4.69) is 64.1 Å². The van der Waals surface area contributed by atoms with Crippen LogP contribution in [0.4, 0.5) is 0 Å². The smallest absolute Gasteiger partial charge is 0.0542 e. The molecule has 0 N–H and O–H groups in total. The van der Waals surface area contributed by atoms with Crippen molar-refractivity contribution in [2.75, 3.05) is 0 Å². The second kappa shape index (κ2) is 4.91. The van der Waals surface area contributed by atoms with Crippen LogP contribution in [0.5, 0.6) is 0 Å². The normalized spacial score (nSPS) is 10.9. The van der Waals surface area contributed by atoms with Gasteiger partial charge in [0.25, 0.3) is 0 Å². The number of pyridine rings is 1. The van der Waals surface area contributed by atoms with Crippen molar-refractivity contribution in [1.29, 1.82) is 0 Å². The summed E-state index contributed by atoms with van der Waals surface area (Å²) in [6.07, 6.45) is 3.67. The summed E-state index contributed by atoms with van der Waals surface area (Å²) in [7, 11) is 0. The Morgan fingerprint density at radius 2 is 1.43 bits per heavy atom. The number of hydrogen-bond acceptors (Lipinski definition) is 1. The Labute approximate surface area is 123 Å². The van der Waals surface area contributed by atoms with E-state index in [1.807, 2.05) is 30.6 Å². The highest BCUT2D eigenvalue weighted by molar-refractivity contribution is 5.89. The lowest BCUT2D eigenvalue weighted by Crippen LogP contribution is -1.96. The molecule has 2 nitrogen and oxygen atoms in total. The number of fused-ring (bicyclic) bond motifs is 1. The van der Waals surface area contributed by atoms with Crippen LogP contribution in [-0.2, 0) is 0 Å². The van der Waals surface area contributed by atoms with Crippen LogP contribution in [0.25, 0.3) is 27.8 Å². The summed E-state index contributed by atoms with van der Waals surface area (Å²) >= 11 is 0. The van der Waals surface area contributed by atoms with Crippen molar-refractivity contribution in [3.63, 3.8) is 0 Å². The average Bonchev–Trinajstić information content (AvgIpc) is 2.96. The van der Waals surface area contributed by atoms with Gasteiger partial charge in [-0.15, -0.1) is 0 Å². The maximum Gasteiger partial charge on any atom is 0.0542 e. The van der Waals surface area contributed by atoms with Crippen molar-refractivity contribution in [3.05, 3.63) is 85.2 Å². The molecule has 2 heteroatoms. The van der Waals surface area contributed by atoms with E-state index in [-0.39, 0.29) is 0 Å². The molecule has 0 radical (unpaired) electrons. The standard InChI is InChI=1S/C19H14N2/c1-2-7-17(8-3-1)21-18-9-5-4-6-16(18)14-19(21)15-10-12-20-13-11-15/h1-14H. The van der Waals surface area contributed by atoms with Crippen molar-refractivity contribution < 1.29 is 0 Å². The van der Waals surface area contributed by atoms with E-state index in [4.69, 9.17) is 0 Å². The van der Waals surface area contributed by atoms with Crippen LogP contribution in [0.3, 0.4) is 0 Å². The minimum absolute atomic E-state index is 1.17. The van der Waals surface area contributed by atoms with E-state index in [0.29, 0.717) is 0 Å². The summed E-state index contributed by atoms with van der Waals surface area (Å²) in [5, 5.41) is 1.24. The molecule has 4 rings (SSSR count). The molecule has 100 valence electrons. The Morgan fingerprint density at radius 3 is 2.24 bits per heavy atom. The van der Waals surface area contributed by atoms with Crippen LogP contribution in [-0.4, -0.2) is 9.55 Å². The molecule has 0 saturated heterocycles. The van der Waals surface area contributed by atoms with Crippen LogP contribution in [0.1, 0.15) is 0 Å². The van der Waals surface area contributed by atoms with Crippen molar-refractivity contribution in [3.8, 4) is 16.9 Å². The van der Waals surface area contributed by atoms with Gasteiger partial charge in [0.05, 0.1) is 11.2 Å². The predicted octanol–water partition coefficient (Wildman–Crippen LogP) is 4.69. The Bertz CT molecular complexity index is 877. The van der Waals surface area contributed by atoms with E-state index in [1.165, 1.54) is 27.8 Å². The molecule has 0 aliphatic rings. The highest BCUT2D eigenvalue weighted by atomic mass is 15.0. The van der Waals surface area contributed by atoms with Gasteiger partial charge in [-0.1, -0.05) is 36.4 Å². The van der Waals surface area contributed by atoms with Gasteiger partial charge in [-0.2, -0.15) is 0 Å². The summed E-state index contributed by atoms with van der Waals surface area (Å²) < 4.78 is 2.30. The highest BCUT2D eigenvalue weighted by Gasteiger charge is 2.11. The molecule has 0 fully saturated rings. The molecule has 0 unspecified atom stereocenters. The third-order valence-corrected chi connectivity index (χ3v) is 3.70. The molecule has 21 heavy (non-hydrogen) atoms. The molecule has 0 spiro atoms. The fourth-order valence-electron chi connectivity index (χ4n) is 2.75. The van der Waals surface area contributed by atoms with Crippen LogP contribution in [0, 0.1) is 0 Å². The molecule has 2 aromatic heterocycles. The molecule has 2 aromatic carbocycles. The van der Waals surface area contributed by atoms with Gasteiger partial charge in [0.1, 0.15) is 0 Å². The number of hydrogen-bond donors (Lipinski definition) is 0. The largest absolute Gasteiger partial charge is 0.309 e. The molecule has 2 heterocycles. The second-order valence-electron chi connectivity index (χ2n) is 5.00. The summed E-state index contributed by atoms with van der Waals surface area (Å²) in [4.78, 5) is 4.12. The number of benzene rings is 2. The van der Waals surface area contributed by atoms with E-state index in [0.717, 1.165) is 0 Å². The first-order valence-corrected chi connectivity index (χ1v) is 7.00. The first-order chi connectivity index (χ1) is 10.4. The van der Waals surface area contributed by atoms with Crippen molar-refractivity contribution in [2.24, 2.45) is 0 Å². The van der Waals surface area contributed by atoms with E-state index in [1.54, 1.807) is 0 Å². The Hall–Kier alpha value is -2.87. The van der Waals surface area contributed by atoms with E-state index >= 15 is 0 Å². The zero-order valence-electron chi connectivity index (χ0n) is 11.5. The van der Waals surface area contributed by atoms with Gasteiger partial charge < -0.3 is 4.57 Å². The molecule has 0 aliphatic carbocycles. The van der Waals surface area contributed by atoms with Gasteiger partial charge in [0.2, 0.25) is 0 Å². The van der Waals surface area contributed by atoms with Crippen molar-refractivity contribution in [2.45, 2.75) is 0 Å².